The highest BCUT2D eigenvalue weighted by atomic mass is 16.6. The van der Waals surface area contributed by atoms with Crippen LogP contribution in [0.2, 0.25) is 0 Å². The van der Waals surface area contributed by atoms with E-state index < -0.39 is 0 Å². The van der Waals surface area contributed by atoms with E-state index in [4.69, 9.17) is 4.74 Å². The van der Waals surface area contributed by atoms with Crippen LogP contribution in [0, 0.1) is 10.1 Å². The van der Waals surface area contributed by atoms with Crippen LogP contribution in [0.4, 0.5) is 11.4 Å². The Morgan fingerprint density at radius 2 is 1.87 bits per heavy atom. The molecular weight excluding hydrogens is 380 g/mol. The van der Waals surface area contributed by atoms with Crippen LogP contribution in [-0.4, -0.2) is 36.7 Å². The minimum absolute atomic E-state index is 0.0567. The number of non-ortho nitro benzene ring substituents is 1. The summed E-state index contributed by atoms with van der Waals surface area (Å²) in [6.45, 7) is 4.86. The molecular formula is C23H30N4O3. The lowest BCUT2D eigenvalue weighted by Gasteiger charge is -2.14. The van der Waals surface area contributed by atoms with Crippen LogP contribution in [0.5, 0.6) is 5.75 Å². The number of ether oxygens (including phenoxy) is 1. The van der Waals surface area contributed by atoms with Crippen LogP contribution in [0.3, 0.4) is 0 Å². The summed E-state index contributed by atoms with van der Waals surface area (Å²) in [6, 6.07) is 10.6. The molecule has 2 aromatic carbocycles. The van der Waals surface area contributed by atoms with Crippen molar-refractivity contribution in [2.75, 3.05) is 32.1 Å². The van der Waals surface area contributed by atoms with E-state index in [-0.39, 0.29) is 10.6 Å². The van der Waals surface area contributed by atoms with E-state index in [2.05, 4.69) is 22.5 Å². The number of benzene rings is 2. The number of aromatic nitrogens is 1. The van der Waals surface area contributed by atoms with Gasteiger partial charge in [-0.05, 0) is 50.2 Å². The maximum absolute atomic E-state index is 11.7. The molecule has 160 valence electrons. The van der Waals surface area contributed by atoms with Gasteiger partial charge in [0.05, 0.1) is 28.8 Å². The van der Waals surface area contributed by atoms with Crippen LogP contribution in [0.25, 0.3) is 21.8 Å². The summed E-state index contributed by atoms with van der Waals surface area (Å²) in [4.78, 5) is 16.0. The number of unbranched alkanes of at least 4 members (excludes halogenated alkanes) is 3. The summed E-state index contributed by atoms with van der Waals surface area (Å²) in [7, 11) is 1.61. The Morgan fingerprint density at radius 1 is 1.03 bits per heavy atom. The predicted octanol–water partition coefficient (Wildman–Crippen LogP) is 5.28. The van der Waals surface area contributed by atoms with Gasteiger partial charge < -0.3 is 15.4 Å². The van der Waals surface area contributed by atoms with Gasteiger partial charge in [0.25, 0.3) is 5.69 Å². The summed E-state index contributed by atoms with van der Waals surface area (Å²) in [5, 5.41) is 19.9. The maximum Gasteiger partial charge on any atom is 0.280 e. The number of fused-ring (bicyclic) bond motifs is 2. The zero-order valence-electron chi connectivity index (χ0n) is 17.7. The molecule has 1 aromatic heterocycles. The van der Waals surface area contributed by atoms with Gasteiger partial charge >= 0.3 is 0 Å². The van der Waals surface area contributed by atoms with Gasteiger partial charge in [-0.3, -0.25) is 10.1 Å². The highest BCUT2D eigenvalue weighted by molar-refractivity contribution is 6.11. The third-order valence-electron chi connectivity index (χ3n) is 5.22. The van der Waals surface area contributed by atoms with Crippen molar-refractivity contribution in [1.29, 1.82) is 0 Å². The summed E-state index contributed by atoms with van der Waals surface area (Å²) >= 11 is 0. The largest absolute Gasteiger partial charge is 0.497 e. The fourth-order valence-electron chi connectivity index (χ4n) is 3.65. The van der Waals surface area contributed by atoms with Crippen LogP contribution in [0.15, 0.2) is 36.4 Å². The molecule has 2 N–H and O–H groups in total. The number of hydrogen-bond donors (Lipinski definition) is 2. The third kappa shape index (κ3) is 5.16. The number of pyridine rings is 1. The number of nitrogens with one attached hydrogen (secondary N) is 2. The SMILES string of the molecule is CCCCCCNCCCNc1c2cc(OC)ccc2nc2cccc([N+](=O)[O-])c12. The number of nitro groups is 1. The molecule has 30 heavy (non-hydrogen) atoms. The second-order valence-electron chi connectivity index (χ2n) is 7.39. The molecule has 0 aliphatic rings. The van der Waals surface area contributed by atoms with Crippen molar-refractivity contribution < 1.29 is 9.66 Å². The second-order valence-corrected chi connectivity index (χ2v) is 7.39. The Morgan fingerprint density at radius 3 is 2.63 bits per heavy atom. The summed E-state index contributed by atoms with van der Waals surface area (Å²) in [5.74, 6) is 0.694. The number of nitro benzene ring substituents is 1. The van der Waals surface area contributed by atoms with E-state index in [1.165, 1.54) is 31.7 Å². The molecule has 0 amide bonds. The van der Waals surface area contributed by atoms with Crippen molar-refractivity contribution in [2.24, 2.45) is 0 Å². The summed E-state index contributed by atoms with van der Waals surface area (Å²) < 4.78 is 5.37. The Kier molecular flexibility index (Phi) is 7.79. The van der Waals surface area contributed by atoms with Gasteiger partial charge in [0, 0.05) is 18.0 Å². The van der Waals surface area contributed by atoms with Crippen molar-refractivity contribution in [3.63, 3.8) is 0 Å². The van der Waals surface area contributed by atoms with Gasteiger partial charge in [-0.25, -0.2) is 4.98 Å². The van der Waals surface area contributed by atoms with E-state index in [1.807, 2.05) is 24.3 Å². The summed E-state index contributed by atoms with van der Waals surface area (Å²) in [6.07, 6.45) is 5.92. The first-order valence-electron chi connectivity index (χ1n) is 10.6. The number of hydrogen-bond acceptors (Lipinski definition) is 6. The van der Waals surface area contributed by atoms with Gasteiger partial charge in [0.15, 0.2) is 0 Å². The highest BCUT2D eigenvalue weighted by Crippen LogP contribution is 2.37. The monoisotopic (exact) mass is 410 g/mol. The zero-order valence-corrected chi connectivity index (χ0v) is 17.7. The van der Waals surface area contributed by atoms with Gasteiger partial charge in [0.2, 0.25) is 0 Å². The van der Waals surface area contributed by atoms with Gasteiger partial charge in [-0.1, -0.05) is 32.3 Å². The molecule has 3 rings (SSSR count). The first kappa shape index (κ1) is 21.8. The molecule has 0 saturated heterocycles. The fraction of sp³-hybridized carbons (Fsp3) is 0.435. The van der Waals surface area contributed by atoms with Crippen LogP contribution in [0.1, 0.15) is 39.0 Å². The van der Waals surface area contributed by atoms with Crippen molar-refractivity contribution in [2.45, 2.75) is 39.0 Å². The Bertz CT molecular complexity index is 1010. The molecule has 0 unspecified atom stereocenters. The lowest BCUT2D eigenvalue weighted by atomic mass is 10.1. The van der Waals surface area contributed by atoms with Gasteiger partial charge in [0.1, 0.15) is 11.1 Å². The first-order valence-corrected chi connectivity index (χ1v) is 10.6. The predicted molar refractivity (Wildman–Crippen MR) is 123 cm³/mol. The molecule has 0 spiro atoms. The van der Waals surface area contributed by atoms with E-state index in [0.717, 1.165) is 36.1 Å². The quantitative estimate of drug-likeness (QED) is 0.183. The average Bonchev–Trinajstić information content (AvgIpc) is 2.76. The van der Waals surface area contributed by atoms with Crippen molar-refractivity contribution in [3.05, 3.63) is 46.5 Å². The Hall–Kier alpha value is -2.93. The molecule has 7 nitrogen and oxygen atoms in total. The molecule has 0 atom stereocenters. The van der Waals surface area contributed by atoms with Gasteiger partial charge in [-0.15, -0.1) is 0 Å². The third-order valence-corrected chi connectivity index (χ3v) is 5.22. The normalized spacial score (nSPS) is 11.1. The molecule has 0 aliphatic heterocycles. The molecule has 0 fully saturated rings. The number of anilines is 1. The van der Waals surface area contributed by atoms with Crippen LogP contribution in [-0.2, 0) is 0 Å². The Labute approximate surface area is 177 Å². The number of nitrogens with zero attached hydrogens (tertiary/aromatic N) is 2. The minimum Gasteiger partial charge on any atom is -0.497 e. The maximum atomic E-state index is 11.7. The van der Waals surface area contributed by atoms with Crippen molar-refractivity contribution in [1.82, 2.24) is 10.3 Å². The molecule has 0 radical (unpaired) electrons. The fourth-order valence-corrected chi connectivity index (χ4v) is 3.65. The lowest BCUT2D eigenvalue weighted by Crippen LogP contribution is -2.19. The average molecular weight is 411 g/mol. The molecule has 3 aromatic rings. The topological polar surface area (TPSA) is 89.3 Å². The minimum atomic E-state index is -0.348. The smallest absolute Gasteiger partial charge is 0.280 e. The van der Waals surface area contributed by atoms with E-state index >= 15 is 0 Å². The second kappa shape index (κ2) is 10.7. The zero-order chi connectivity index (χ0) is 21.3. The summed E-state index contributed by atoms with van der Waals surface area (Å²) in [5.41, 5.74) is 2.18. The molecule has 1 heterocycles. The Balaban J connectivity index is 1.82. The van der Waals surface area contributed by atoms with E-state index in [1.54, 1.807) is 13.2 Å². The van der Waals surface area contributed by atoms with E-state index in [9.17, 15) is 10.1 Å². The van der Waals surface area contributed by atoms with Crippen LogP contribution >= 0.6 is 0 Å². The molecule has 0 bridgehead atoms. The first-order chi connectivity index (χ1) is 14.7. The highest BCUT2D eigenvalue weighted by Gasteiger charge is 2.19. The number of methoxy groups -OCH3 is 1. The van der Waals surface area contributed by atoms with Crippen molar-refractivity contribution >= 4 is 33.2 Å². The standard InChI is InChI=1S/C23H30N4O3/c1-3-4-5-6-13-24-14-8-15-25-23-18-16-17(30-2)11-12-19(18)26-20-9-7-10-21(22(20)23)27(28)29/h7,9-12,16,24H,3-6,8,13-15H2,1-2H3,(H,25,26). The van der Waals surface area contributed by atoms with Gasteiger partial charge in [-0.2, -0.15) is 0 Å². The number of rotatable bonds is 12. The van der Waals surface area contributed by atoms with Crippen molar-refractivity contribution in [3.8, 4) is 5.75 Å². The molecule has 7 heteroatoms. The molecule has 0 aliphatic carbocycles. The van der Waals surface area contributed by atoms with Crippen LogP contribution < -0.4 is 15.4 Å². The molecule has 0 saturated carbocycles. The lowest BCUT2D eigenvalue weighted by molar-refractivity contribution is -0.383. The van der Waals surface area contributed by atoms with E-state index in [0.29, 0.717) is 23.2 Å².